The Morgan fingerprint density at radius 1 is 1.20 bits per heavy atom. The van der Waals surface area contributed by atoms with E-state index in [1.165, 1.54) is 16.4 Å². The highest BCUT2D eigenvalue weighted by Crippen LogP contribution is 2.35. The average Bonchev–Trinajstić information content (AvgIpc) is 3.11. The van der Waals surface area contributed by atoms with Crippen LogP contribution in [0.25, 0.3) is 0 Å². The molecule has 0 saturated carbocycles. The fraction of sp³-hybridized carbons (Fsp3) is 0.350. The molecule has 5 nitrogen and oxygen atoms in total. The quantitative estimate of drug-likeness (QED) is 0.637. The fourth-order valence-electron chi connectivity index (χ4n) is 3.43. The molecule has 2 aromatic carbocycles. The molecule has 1 heterocycles. The third kappa shape index (κ3) is 4.57. The smallest absolute Gasteiger partial charge is 0.330 e. The first-order chi connectivity index (χ1) is 14.0. The predicted molar refractivity (Wildman–Crippen MR) is 108 cm³/mol. The Hall–Kier alpha value is -2.26. The second kappa shape index (κ2) is 8.47. The van der Waals surface area contributed by atoms with E-state index in [0.29, 0.717) is 23.4 Å². The molecule has 0 bridgehead atoms. The van der Waals surface area contributed by atoms with E-state index in [1.807, 2.05) is 12.1 Å². The maximum absolute atomic E-state index is 13.3. The normalized spacial score (nSPS) is 14.0. The van der Waals surface area contributed by atoms with Gasteiger partial charge in [0.25, 0.3) is 15.9 Å². The number of para-hydroxylation sites is 1. The molecule has 0 saturated heterocycles. The van der Waals surface area contributed by atoms with E-state index in [2.05, 4.69) is 0 Å². The Bertz CT molecular complexity index is 1060. The molecule has 0 radical (unpaired) electrons. The first-order valence-corrected chi connectivity index (χ1v) is 11.1. The minimum atomic E-state index is -4.56. The second-order valence-electron chi connectivity index (χ2n) is 6.94. The number of carbonyl (C=O) groups excluding carboxylic acids is 1. The average molecular weight is 461 g/mol. The van der Waals surface area contributed by atoms with Gasteiger partial charge in [0.1, 0.15) is 11.4 Å². The van der Waals surface area contributed by atoms with Crippen LogP contribution in [0.3, 0.4) is 0 Å². The molecule has 0 N–H and O–H groups in total. The lowest BCUT2D eigenvalue weighted by molar-refractivity contribution is -0.140. The van der Waals surface area contributed by atoms with Crippen LogP contribution in [0.5, 0.6) is 0 Å². The van der Waals surface area contributed by atoms with Crippen LogP contribution < -0.4 is 4.31 Å². The molecule has 2 aromatic rings. The molecule has 0 spiro atoms. The molecule has 30 heavy (non-hydrogen) atoms. The number of benzene rings is 2. The van der Waals surface area contributed by atoms with Crippen molar-refractivity contribution < 1.29 is 26.4 Å². The van der Waals surface area contributed by atoms with E-state index in [4.69, 9.17) is 11.6 Å². The van der Waals surface area contributed by atoms with Gasteiger partial charge in [-0.15, -0.1) is 0 Å². The summed E-state index contributed by atoms with van der Waals surface area (Å²) in [6.45, 7) is 0.345. The highest BCUT2D eigenvalue weighted by Gasteiger charge is 2.35. The van der Waals surface area contributed by atoms with Crippen LogP contribution >= 0.6 is 11.6 Å². The van der Waals surface area contributed by atoms with Gasteiger partial charge in [-0.3, -0.25) is 9.10 Å². The summed E-state index contributed by atoms with van der Waals surface area (Å²) in [6.07, 6.45) is -3.71. The summed E-state index contributed by atoms with van der Waals surface area (Å²) < 4.78 is 66.3. The highest BCUT2D eigenvalue weighted by molar-refractivity contribution is 7.93. The molecule has 0 aliphatic carbocycles. The van der Waals surface area contributed by atoms with E-state index in [-0.39, 0.29) is 28.6 Å². The van der Waals surface area contributed by atoms with Crippen molar-refractivity contribution in [3.63, 3.8) is 0 Å². The summed E-state index contributed by atoms with van der Waals surface area (Å²) in [5.41, 5.74) is 1.22. The maximum Gasteiger partial charge on any atom is 0.406 e. The van der Waals surface area contributed by atoms with Crippen molar-refractivity contribution in [2.24, 2.45) is 0 Å². The third-order valence-electron chi connectivity index (χ3n) is 4.74. The second-order valence-corrected chi connectivity index (χ2v) is 9.18. The minimum Gasteiger partial charge on any atom is -0.330 e. The van der Waals surface area contributed by atoms with Gasteiger partial charge in [-0.25, -0.2) is 8.42 Å². The van der Waals surface area contributed by atoms with E-state index in [0.717, 1.165) is 11.6 Å². The zero-order chi connectivity index (χ0) is 22.1. The van der Waals surface area contributed by atoms with E-state index in [1.54, 1.807) is 19.1 Å². The number of hydrogen-bond donors (Lipinski definition) is 0. The molecule has 0 unspecified atom stereocenters. The number of sulfonamides is 1. The van der Waals surface area contributed by atoms with Gasteiger partial charge in [0.2, 0.25) is 0 Å². The van der Waals surface area contributed by atoms with Crippen molar-refractivity contribution >= 4 is 33.2 Å². The molecule has 0 atom stereocenters. The molecule has 1 amide bonds. The van der Waals surface area contributed by atoms with E-state index < -0.39 is 28.7 Å². The van der Waals surface area contributed by atoms with Crippen molar-refractivity contribution in [3.8, 4) is 0 Å². The number of amides is 1. The first kappa shape index (κ1) is 22.4. The Balaban J connectivity index is 1.98. The van der Waals surface area contributed by atoms with Gasteiger partial charge < -0.3 is 4.90 Å². The number of hydrogen-bond acceptors (Lipinski definition) is 3. The molecule has 0 aromatic heterocycles. The Morgan fingerprint density at radius 2 is 1.90 bits per heavy atom. The minimum absolute atomic E-state index is 0.103. The van der Waals surface area contributed by atoms with Crippen LogP contribution in [0.4, 0.5) is 18.9 Å². The molecular formula is C20H20ClF3N2O3S. The van der Waals surface area contributed by atoms with Crippen LogP contribution in [-0.4, -0.2) is 45.0 Å². The van der Waals surface area contributed by atoms with Crippen molar-refractivity contribution in [2.75, 3.05) is 23.9 Å². The molecule has 10 heteroatoms. The lowest BCUT2D eigenvalue weighted by Crippen LogP contribution is -2.39. The van der Waals surface area contributed by atoms with E-state index in [9.17, 15) is 26.4 Å². The van der Waals surface area contributed by atoms with Crippen LogP contribution in [0, 0.1) is 0 Å². The van der Waals surface area contributed by atoms with Crippen LogP contribution in [0.15, 0.2) is 47.4 Å². The standard InChI is InChI=1S/C20H20ClF3N2O3S/c1-2-10-25(13-20(22,23)24)19(27)15-7-8-16(21)18(12-15)30(28,29)26-11-9-14-5-3-4-6-17(14)26/h3-8,12H,2,9-11,13H2,1H3. The number of fused-ring (bicyclic) bond motifs is 1. The molecule has 1 aliphatic rings. The van der Waals surface area contributed by atoms with Gasteiger partial charge in [-0.05, 0) is 42.7 Å². The summed E-state index contributed by atoms with van der Waals surface area (Å²) in [4.78, 5) is 13.0. The predicted octanol–water partition coefficient (Wildman–Crippen LogP) is 4.51. The molecule has 162 valence electrons. The van der Waals surface area contributed by atoms with Gasteiger partial charge >= 0.3 is 6.18 Å². The fourth-order valence-corrected chi connectivity index (χ4v) is 5.44. The van der Waals surface area contributed by atoms with E-state index >= 15 is 0 Å². The maximum atomic E-state index is 13.3. The third-order valence-corrected chi connectivity index (χ3v) is 7.04. The van der Waals surface area contributed by atoms with Gasteiger partial charge in [-0.2, -0.15) is 13.2 Å². The van der Waals surface area contributed by atoms with Crippen molar-refractivity contribution in [2.45, 2.75) is 30.8 Å². The van der Waals surface area contributed by atoms with Crippen LogP contribution in [0.2, 0.25) is 5.02 Å². The summed E-state index contributed by atoms with van der Waals surface area (Å²) in [5, 5.41) is -0.103. The number of carbonyl (C=O) groups is 1. The Kier molecular flexibility index (Phi) is 6.33. The monoisotopic (exact) mass is 460 g/mol. The van der Waals surface area contributed by atoms with Crippen LogP contribution in [0.1, 0.15) is 29.3 Å². The number of halogens is 4. The molecule has 1 aliphatic heterocycles. The molecule has 3 rings (SSSR count). The SMILES string of the molecule is CCCN(CC(F)(F)F)C(=O)c1ccc(Cl)c(S(=O)(=O)N2CCc3ccccc32)c1. The highest BCUT2D eigenvalue weighted by atomic mass is 35.5. The molecule has 0 fully saturated rings. The summed E-state index contributed by atoms with van der Waals surface area (Å²) >= 11 is 6.13. The molecular weight excluding hydrogens is 441 g/mol. The first-order valence-electron chi connectivity index (χ1n) is 9.31. The van der Waals surface area contributed by atoms with Crippen molar-refractivity contribution in [1.29, 1.82) is 0 Å². The van der Waals surface area contributed by atoms with Gasteiger partial charge in [0.15, 0.2) is 0 Å². The largest absolute Gasteiger partial charge is 0.406 e. The summed E-state index contributed by atoms with van der Waals surface area (Å²) in [5.74, 6) is -0.899. The Labute approximate surface area is 178 Å². The Morgan fingerprint density at radius 3 is 2.57 bits per heavy atom. The number of nitrogens with zero attached hydrogens (tertiary/aromatic N) is 2. The lowest BCUT2D eigenvalue weighted by Gasteiger charge is -2.24. The van der Waals surface area contributed by atoms with Crippen LogP contribution in [-0.2, 0) is 16.4 Å². The summed E-state index contributed by atoms with van der Waals surface area (Å²) in [7, 11) is -4.10. The topological polar surface area (TPSA) is 57.7 Å². The van der Waals surface area contributed by atoms with Gasteiger partial charge in [-0.1, -0.05) is 36.7 Å². The number of alkyl halides is 3. The van der Waals surface area contributed by atoms with Crippen molar-refractivity contribution in [3.05, 3.63) is 58.6 Å². The number of rotatable bonds is 6. The van der Waals surface area contributed by atoms with Gasteiger partial charge in [0.05, 0.1) is 10.7 Å². The van der Waals surface area contributed by atoms with Crippen molar-refractivity contribution in [1.82, 2.24) is 4.90 Å². The summed E-state index contributed by atoms with van der Waals surface area (Å²) in [6, 6.07) is 10.5. The zero-order valence-electron chi connectivity index (χ0n) is 16.1. The lowest BCUT2D eigenvalue weighted by atomic mass is 10.2. The number of anilines is 1. The van der Waals surface area contributed by atoms with Gasteiger partial charge in [0, 0.05) is 18.7 Å². The zero-order valence-corrected chi connectivity index (χ0v) is 17.7.